The number of benzene rings is 1. The van der Waals surface area contributed by atoms with Gasteiger partial charge < -0.3 is 19.2 Å². The molecule has 22 heavy (non-hydrogen) atoms. The van der Waals surface area contributed by atoms with E-state index in [4.69, 9.17) is 4.74 Å². The molecule has 116 valence electrons. The molecular formula is C15H15NO6. The third kappa shape index (κ3) is 2.41. The van der Waals surface area contributed by atoms with Gasteiger partial charge in [-0.1, -0.05) is 0 Å². The third-order valence-corrected chi connectivity index (χ3v) is 3.30. The molecule has 0 aliphatic rings. The van der Waals surface area contributed by atoms with Crippen LogP contribution in [-0.2, 0) is 9.47 Å². The number of aromatic amines is 1. The summed E-state index contributed by atoms with van der Waals surface area (Å²) in [5.41, 5.74) is -0.154. The van der Waals surface area contributed by atoms with Gasteiger partial charge in [0.1, 0.15) is 17.0 Å². The minimum Gasteiger partial charge on any atom is -0.496 e. The normalized spacial score (nSPS) is 10.4. The van der Waals surface area contributed by atoms with Gasteiger partial charge in [0.25, 0.3) is 0 Å². The summed E-state index contributed by atoms with van der Waals surface area (Å²) in [6.45, 7) is 1.77. The van der Waals surface area contributed by atoms with Crippen LogP contribution >= 0.6 is 0 Å². The maximum Gasteiger partial charge on any atom is 0.355 e. The van der Waals surface area contributed by atoms with Crippen molar-refractivity contribution in [3.05, 3.63) is 39.2 Å². The highest BCUT2D eigenvalue weighted by molar-refractivity contribution is 6.04. The summed E-state index contributed by atoms with van der Waals surface area (Å²) in [6, 6.07) is 3.17. The van der Waals surface area contributed by atoms with Gasteiger partial charge >= 0.3 is 11.9 Å². The lowest BCUT2D eigenvalue weighted by Gasteiger charge is -2.11. The molecule has 7 heteroatoms. The number of ether oxygens (including phenoxy) is 3. The Labute approximate surface area is 125 Å². The number of rotatable bonds is 3. The van der Waals surface area contributed by atoms with Crippen LogP contribution in [0.3, 0.4) is 0 Å². The van der Waals surface area contributed by atoms with Crippen molar-refractivity contribution >= 4 is 22.8 Å². The first-order valence-electron chi connectivity index (χ1n) is 6.35. The van der Waals surface area contributed by atoms with E-state index >= 15 is 0 Å². The van der Waals surface area contributed by atoms with Gasteiger partial charge in [0.2, 0.25) is 5.43 Å². The van der Waals surface area contributed by atoms with Gasteiger partial charge in [0, 0.05) is 11.5 Å². The zero-order valence-electron chi connectivity index (χ0n) is 12.6. The van der Waals surface area contributed by atoms with Crippen LogP contribution in [0.5, 0.6) is 5.75 Å². The first-order valence-corrected chi connectivity index (χ1v) is 6.35. The van der Waals surface area contributed by atoms with Gasteiger partial charge in [-0.15, -0.1) is 0 Å². The Kier molecular flexibility index (Phi) is 4.16. The maximum atomic E-state index is 12.6. The molecule has 0 fully saturated rings. The van der Waals surface area contributed by atoms with Crippen LogP contribution in [0.4, 0.5) is 0 Å². The van der Waals surface area contributed by atoms with Crippen molar-refractivity contribution in [2.24, 2.45) is 0 Å². The first kappa shape index (κ1) is 15.6. The van der Waals surface area contributed by atoms with E-state index < -0.39 is 17.4 Å². The van der Waals surface area contributed by atoms with Crippen LogP contribution in [0.1, 0.15) is 26.4 Å². The van der Waals surface area contributed by atoms with Crippen molar-refractivity contribution in [2.75, 3.05) is 21.3 Å². The van der Waals surface area contributed by atoms with Crippen LogP contribution in [-0.4, -0.2) is 38.3 Å². The third-order valence-electron chi connectivity index (χ3n) is 3.30. The molecule has 0 spiro atoms. The van der Waals surface area contributed by atoms with Crippen molar-refractivity contribution < 1.29 is 23.8 Å². The number of aromatic nitrogens is 1. The van der Waals surface area contributed by atoms with E-state index in [2.05, 4.69) is 14.5 Å². The van der Waals surface area contributed by atoms with Crippen molar-refractivity contribution in [1.29, 1.82) is 0 Å². The largest absolute Gasteiger partial charge is 0.496 e. The number of esters is 2. The number of nitrogens with one attached hydrogen (secondary N) is 1. The Hall–Kier alpha value is -2.83. The molecule has 0 unspecified atom stereocenters. The summed E-state index contributed by atoms with van der Waals surface area (Å²) in [5.74, 6) is -1.19. The number of hydrogen-bond acceptors (Lipinski definition) is 6. The van der Waals surface area contributed by atoms with Crippen LogP contribution < -0.4 is 10.2 Å². The number of methoxy groups -OCH3 is 3. The highest BCUT2D eigenvalue weighted by Gasteiger charge is 2.25. The fraction of sp³-hybridized carbons (Fsp3) is 0.267. The Balaban J connectivity index is 2.92. The van der Waals surface area contributed by atoms with Gasteiger partial charge in [0.15, 0.2) is 0 Å². The van der Waals surface area contributed by atoms with Gasteiger partial charge in [-0.05, 0) is 18.6 Å². The highest BCUT2D eigenvalue weighted by atomic mass is 16.5. The molecule has 0 amide bonds. The molecule has 0 aliphatic carbocycles. The quantitative estimate of drug-likeness (QED) is 0.862. The standard InChI is InChI=1S/C15H15NO6/c1-7-5-8-9(6-10(7)20-2)16-12(15(19)22-4)11(13(8)17)14(18)21-3/h5-6H,1-4H3,(H,16,17). The van der Waals surface area contributed by atoms with Gasteiger partial charge in [-0.3, -0.25) is 4.79 Å². The predicted molar refractivity (Wildman–Crippen MR) is 78.5 cm³/mol. The van der Waals surface area contributed by atoms with Crippen LogP contribution in [0.25, 0.3) is 10.9 Å². The maximum absolute atomic E-state index is 12.6. The average Bonchev–Trinajstić information content (AvgIpc) is 2.53. The van der Waals surface area contributed by atoms with E-state index in [1.54, 1.807) is 19.1 Å². The molecule has 1 heterocycles. The van der Waals surface area contributed by atoms with E-state index in [0.29, 0.717) is 11.3 Å². The number of pyridine rings is 1. The van der Waals surface area contributed by atoms with E-state index in [0.717, 1.165) is 19.8 Å². The molecule has 7 nitrogen and oxygen atoms in total. The zero-order valence-corrected chi connectivity index (χ0v) is 12.6. The summed E-state index contributed by atoms with van der Waals surface area (Å²) in [5, 5.41) is 0.256. The Morgan fingerprint density at radius 2 is 1.68 bits per heavy atom. The minimum atomic E-state index is -0.906. The van der Waals surface area contributed by atoms with E-state index in [-0.39, 0.29) is 16.6 Å². The van der Waals surface area contributed by atoms with Crippen molar-refractivity contribution in [3.8, 4) is 5.75 Å². The number of carbonyl (C=O) groups is 2. The number of H-pyrrole nitrogens is 1. The topological polar surface area (TPSA) is 94.7 Å². The summed E-state index contributed by atoms with van der Waals surface area (Å²) in [6.07, 6.45) is 0. The smallest absolute Gasteiger partial charge is 0.355 e. The fourth-order valence-corrected chi connectivity index (χ4v) is 2.20. The van der Waals surface area contributed by atoms with Crippen LogP contribution in [0.15, 0.2) is 16.9 Å². The lowest BCUT2D eigenvalue weighted by atomic mass is 10.1. The van der Waals surface area contributed by atoms with Gasteiger partial charge in [-0.25, -0.2) is 9.59 Å². The van der Waals surface area contributed by atoms with Gasteiger partial charge in [0.05, 0.1) is 26.8 Å². The van der Waals surface area contributed by atoms with Crippen molar-refractivity contribution in [3.63, 3.8) is 0 Å². The molecular weight excluding hydrogens is 290 g/mol. The molecule has 0 aliphatic heterocycles. The Morgan fingerprint density at radius 3 is 2.23 bits per heavy atom. The number of carbonyl (C=O) groups excluding carboxylic acids is 2. The summed E-state index contributed by atoms with van der Waals surface area (Å²) >= 11 is 0. The monoisotopic (exact) mass is 305 g/mol. The average molecular weight is 305 g/mol. The summed E-state index contributed by atoms with van der Waals surface area (Å²) in [4.78, 5) is 39.0. The first-order chi connectivity index (χ1) is 10.4. The second-order valence-corrected chi connectivity index (χ2v) is 4.55. The second kappa shape index (κ2) is 5.88. The van der Waals surface area contributed by atoms with Crippen molar-refractivity contribution in [1.82, 2.24) is 4.98 Å². The molecule has 1 aromatic heterocycles. The van der Waals surface area contributed by atoms with E-state index in [9.17, 15) is 14.4 Å². The molecule has 0 radical (unpaired) electrons. The van der Waals surface area contributed by atoms with Crippen LogP contribution in [0.2, 0.25) is 0 Å². The lowest BCUT2D eigenvalue weighted by molar-refractivity contribution is 0.0549. The molecule has 0 saturated heterocycles. The predicted octanol–water partition coefficient (Wildman–Crippen LogP) is 1.42. The summed E-state index contributed by atoms with van der Waals surface area (Å²) < 4.78 is 14.4. The molecule has 0 bridgehead atoms. The minimum absolute atomic E-state index is 0.252. The van der Waals surface area contributed by atoms with Crippen molar-refractivity contribution in [2.45, 2.75) is 6.92 Å². The molecule has 2 aromatic rings. The summed E-state index contributed by atoms with van der Waals surface area (Å²) in [7, 11) is 3.78. The Morgan fingerprint density at radius 1 is 1.05 bits per heavy atom. The van der Waals surface area contributed by atoms with E-state index in [1.807, 2.05) is 0 Å². The molecule has 0 saturated carbocycles. The highest BCUT2D eigenvalue weighted by Crippen LogP contribution is 2.23. The number of fused-ring (bicyclic) bond motifs is 1. The van der Waals surface area contributed by atoms with E-state index in [1.165, 1.54) is 7.11 Å². The SMILES string of the molecule is COC(=O)c1[nH]c2cc(OC)c(C)cc2c(=O)c1C(=O)OC. The molecule has 1 N–H and O–H groups in total. The van der Waals surface area contributed by atoms with Crippen LogP contribution in [0, 0.1) is 6.92 Å². The second-order valence-electron chi connectivity index (χ2n) is 4.55. The lowest BCUT2D eigenvalue weighted by Crippen LogP contribution is -2.24. The fourth-order valence-electron chi connectivity index (χ4n) is 2.20. The molecule has 0 atom stereocenters. The molecule has 1 aromatic carbocycles. The number of aryl methyl sites for hydroxylation is 1. The number of hydrogen-bond donors (Lipinski definition) is 1. The zero-order chi connectivity index (χ0) is 16.4. The van der Waals surface area contributed by atoms with Gasteiger partial charge in [-0.2, -0.15) is 0 Å². The molecule has 2 rings (SSSR count). The Bertz CT molecular complexity index is 821.